The third-order valence-electron chi connectivity index (χ3n) is 2.00. The summed E-state index contributed by atoms with van der Waals surface area (Å²) in [5.41, 5.74) is -0.590. The molecule has 0 fully saturated rings. The topological polar surface area (TPSA) is 60.3 Å². The predicted octanol–water partition coefficient (Wildman–Crippen LogP) is 2.22. The molecule has 0 aromatic carbocycles. The quantitative estimate of drug-likeness (QED) is 0.859. The molecule has 0 spiro atoms. The average molecular weight is 238 g/mol. The smallest absolute Gasteiger partial charge is 0.412 e. The molecule has 0 bridgehead atoms. The van der Waals surface area contributed by atoms with Gasteiger partial charge in [-0.2, -0.15) is 0 Å². The highest BCUT2D eigenvalue weighted by Gasteiger charge is 2.17. The molecule has 0 saturated heterocycles. The number of nitrogens with zero attached hydrogens (tertiary/aromatic N) is 1. The first-order valence-corrected chi connectivity index (χ1v) is 5.53. The maximum absolute atomic E-state index is 11.8. The number of hydrogen-bond acceptors (Lipinski definition) is 3. The Kier molecular flexibility index (Phi) is 3.93. The monoisotopic (exact) mass is 238 g/mol. The number of anilines is 1. The lowest BCUT2D eigenvalue weighted by Gasteiger charge is -2.19. The van der Waals surface area contributed by atoms with Crippen LogP contribution in [0.15, 0.2) is 23.1 Å². The van der Waals surface area contributed by atoms with Crippen molar-refractivity contribution >= 4 is 11.8 Å². The maximum Gasteiger partial charge on any atom is 0.412 e. The molecule has 0 aliphatic carbocycles. The molecule has 1 rings (SSSR count). The van der Waals surface area contributed by atoms with E-state index in [0.717, 1.165) is 0 Å². The van der Waals surface area contributed by atoms with E-state index in [0.29, 0.717) is 6.54 Å². The molecule has 17 heavy (non-hydrogen) atoms. The fourth-order valence-electron chi connectivity index (χ4n) is 1.29. The molecule has 0 unspecified atom stereocenters. The van der Waals surface area contributed by atoms with E-state index >= 15 is 0 Å². The van der Waals surface area contributed by atoms with Gasteiger partial charge >= 0.3 is 6.09 Å². The standard InChI is InChI=1S/C12H18N2O3/c1-5-14-8-6-7-9(10(14)15)13-11(16)17-12(2,3)4/h6-8H,5H2,1-4H3,(H,13,16). The van der Waals surface area contributed by atoms with Crippen LogP contribution in [-0.4, -0.2) is 16.3 Å². The molecule has 1 amide bonds. The Morgan fingerprint density at radius 3 is 2.65 bits per heavy atom. The maximum atomic E-state index is 11.8. The van der Waals surface area contributed by atoms with Gasteiger partial charge in [-0.3, -0.25) is 10.1 Å². The molecule has 0 radical (unpaired) electrons. The van der Waals surface area contributed by atoms with Crippen LogP contribution < -0.4 is 10.9 Å². The van der Waals surface area contributed by atoms with E-state index in [1.54, 1.807) is 39.1 Å². The van der Waals surface area contributed by atoms with Crippen LogP contribution >= 0.6 is 0 Å². The van der Waals surface area contributed by atoms with Gasteiger partial charge in [-0.1, -0.05) is 0 Å². The number of carbonyl (C=O) groups excluding carboxylic acids is 1. The summed E-state index contributed by atoms with van der Waals surface area (Å²) in [4.78, 5) is 23.3. The van der Waals surface area contributed by atoms with Gasteiger partial charge in [-0.15, -0.1) is 0 Å². The van der Waals surface area contributed by atoms with Crippen LogP contribution in [0.2, 0.25) is 0 Å². The summed E-state index contributed by atoms with van der Waals surface area (Å²) in [5, 5.41) is 2.45. The van der Waals surface area contributed by atoms with E-state index in [1.807, 2.05) is 6.92 Å². The summed E-state index contributed by atoms with van der Waals surface area (Å²) in [6.45, 7) is 7.72. The third-order valence-corrected chi connectivity index (χ3v) is 2.00. The van der Waals surface area contributed by atoms with Crippen molar-refractivity contribution in [3.05, 3.63) is 28.7 Å². The summed E-state index contributed by atoms with van der Waals surface area (Å²) in [6, 6.07) is 3.26. The zero-order valence-electron chi connectivity index (χ0n) is 10.6. The molecule has 94 valence electrons. The molecule has 0 aliphatic heterocycles. The minimum Gasteiger partial charge on any atom is -0.444 e. The number of rotatable bonds is 2. The Morgan fingerprint density at radius 1 is 1.47 bits per heavy atom. The van der Waals surface area contributed by atoms with Crippen molar-refractivity contribution in [1.82, 2.24) is 4.57 Å². The fourth-order valence-corrected chi connectivity index (χ4v) is 1.29. The van der Waals surface area contributed by atoms with Gasteiger partial charge < -0.3 is 9.30 Å². The van der Waals surface area contributed by atoms with Crippen molar-refractivity contribution in [1.29, 1.82) is 0 Å². The van der Waals surface area contributed by atoms with Crippen molar-refractivity contribution in [3.8, 4) is 0 Å². The molecule has 0 atom stereocenters. The molecule has 1 aromatic heterocycles. The third kappa shape index (κ3) is 3.94. The van der Waals surface area contributed by atoms with E-state index < -0.39 is 11.7 Å². The highest BCUT2D eigenvalue weighted by molar-refractivity contribution is 5.84. The molecule has 0 saturated carbocycles. The van der Waals surface area contributed by atoms with Gasteiger partial charge in [0.05, 0.1) is 0 Å². The van der Waals surface area contributed by atoms with Crippen LogP contribution in [0.3, 0.4) is 0 Å². The average Bonchev–Trinajstić information content (AvgIpc) is 2.18. The van der Waals surface area contributed by atoms with Crippen molar-refractivity contribution in [2.24, 2.45) is 0 Å². The van der Waals surface area contributed by atoms with Gasteiger partial charge in [0.15, 0.2) is 0 Å². The SMILES string of the molecule is CCn1cccc(NC(=O)OC(C)(C)C)c1=O. The van der Waals surface area contributed by atoms with Crippen molar-refractivity contribution in [3.63, 3.8) is 0 Å². The van der Waals surface area contributed by atoms with Crippen molar-refractivity contribution in [2.45, 2.75) is 39.8 Å². The number of amides is 1. The Hall–Kier alpha value is -1.78. The van der Waals surface area contributed by atoms with Gasteiger partial charge in [0.1, 0.15) is 11.3 Å². The zero-order valence-corrected chi connectivity index (χ0v) is 10.6. The highest BCUT2D eigenvalue weighted by atomic mass is 16.6. The fraction of sp³-hybridized carbons (Fsp3) is 0.500. The first-order valence-electron chi connectivity index (χ1n) is 5.53. The minimum atomic E-state index is -0.622. The first kappa shape index (κ1) is 13.3. The predicted molar refractivity (Wildman–Crippen MR) is 66.2 cm³/mol. The second kappa shape index (κ2) is 5.03. The Morgan fingerprint density at radius 2 is 2.12 bits per heavy atom. The van der Waals surface area contributed by atoms with Crippen LogP contribution in [-0.2, 0) is 11.3 Å². The lowest BCUT2D eigenvalue weighted by atomic mass is 10.2. The molecular formula is C12H18N2O3. The number of aromatic nitrogens is 1. The molecule has 5 heteroatoms. The largest absolute Gasteiger partial charge is 0.444 e. The van der Waals surface area contributed by atoms with Crippen LogP contribution in [0.1, 0.15) is 27.7 Å². The zero-order chi connectivity index (χ0) is 13.1. The van der Waals surface area contributed by atoms with E-state index in [2.05, 4.69) is 5.32 Å². The summed E-state index contributed by atoms with van der Waals surface area (Å²) in [5.74, 6) is 0. The molecule has 5 nitrogen and oxygen atoms in total. The first-order chi connectivity index (χ1) is 7.83. The molecule has 0 aliphatic rings. The lowest BCUT2D eigenvalue weighted by Crippen LogP contribution is -2.30. The second-order valence-electron chi connectivity index (χ2n) is 4.64. The molecule has 1 heterocycles. The molecule has 1 N–H and O–H groups in total. The normalized spacial score (nSPS) is 11.1. The highest BCUT2D eigenvalue weighted by Crippen LogP contribution is 2.08. The Balaban J connectivity index is 2.83. The van der Waals surface area contributed by atoms with E-state index in [9.17, 15) is 9.59 Å². The summed E-state index contributed by atoms with van der Waals surface area (Å²) >= 11 is 0. The van der Waals surface area contributed by atoms with E-state index in [-0.39, 0.29) is 11.2 Å². The van der Waals surface area contributed by atoms with Gasteiger partial charge in [-0.25, -0.2) is 4.79 Å². The Labute approximate surface area is 100 Å². The number of aryl methyl sites for hydroxylation is 1. The van der Waals surface area contributed by atoms with Crippen LogP contribution in [0.5, 0.6) is 0 Å². The number of hydrogen-bond donors (Lipinski definition) is 1. The van der Waals surface area contributed by atoms with E-state index in [4.69, 9.17) is 4.74 Å². The Bertz CT molecular complexity index is 458. The molecular weight excluding hydrogens is 220 g/mol. The lowest BCUT2D eigenvalue weighted by molar-refractivity contribution is 0.0635. The molecule has 1 aromatic rings. The minimum absolute atomic E-state index is 0.226. The van der Waals surface area contributed by atoms with E-state index in [1.165, 1.54) is 4.57 Å². The number of nitrogens with one attached hydrogen (secondary N) is 1. The van der Waals surface area contributed by atoms with Crippen molar-refractivity contribution in [2.75, 3.05) is 5.32 Å². The van der Waals surface area contributed by atoms with Crippen LogP contribution in [0.4, 0.5) is 10.5 Å². The number of ether oxygens (including phenoxy) is 1. The van der Waals surface area contributed by atoms with Crippen LogP contribution in [0.25, 0.3) is 0 Å². The number of carbonyl (C=O) groups is 1. The summed E-state index contributed by atoms with van der Waals surface area (Å²) < 4.78 is 6.58. The summed E-state index contributed by atoms with van der Waals surface area (Å²) in [7, 11) is 0. The summed E-state index contributed by atoms with van der Waals surface area (Å²) in [6.07, 6.45) is 1.05. The van der Waals surface area contributed by atoms with Crippen molar-refractivity contribution < 1.29 is 9.53 Å². The van der Waals surface area contributed by atoms with Gasteiger partial charge in [0.25, 0.3) is 5.56 Å². The van der Waals surface area contributed by atoms with Gasteiger partial charge in [0, 0.05) is 12.7 Å². The van der Waals surface area contributed by atoms with Gasteiger partial charge in [0.2, 0.25) is 0 Å². The van der Waals surface area contributed by atoms with Crippen LogP contribution in [0, 0.1) is 0 Å². The van der Waals surface area contributed by atoms with Gasteiger partial charge in [-0.05, 0) is 39.8 Å². The number of pyridine rings is 1. The second-order valence-corrected chi connectivity index (χ2v) is 4.64.